The second kappa shape index (κ2) is 5.13. The summed E-state index contributed by atoms with van der Waals surface area (Å²) in [6, 6.07) is 3.74. The first kappa shape index (κ1) is 14.1. The van der Waals surface area contributed by atoms with Gasteiger partial charge in [0.15, 0.2) is 0 Å². The molecule has 0 fully saturated rings. The van der Waals surface area contributed by atoms with Crippen LogP contribution in [0.4, 0.5) is 8.78 Å². The summed E-state index contributed by atoms with van der Waals surface area (Å²) < 4.78 is 26.5. The molecule has 3 nitrogen and oxygen atoms in total. The number of halogens is 2. The van der Waals surface area contributed by atoms with Gasteiger partial charge in [-0.15, -0.1) is 0 Å². The smallest absolute Gasteiger partial charge is 0.255 e. The maximum Gasteiger partial charge on any atom is 0.255 e. The molecule has 18 heavy (non-hydrogen) atoms. The predicted molar refractivity (Wildman–Crippen MR) is 62.9 cm³/mol. The highest BCUT2D eigenvalue weighted by Gasteiger charge is 2.26. The molecule has 0 bridgehead atoms. The summed E-state index contributed by atoms with van der Waals surface area (Å²) in [7, 11) is 0. The van der Waals surface area contributed by atoms with Crippen molar-refractivity contribution in [2.75, 3.05) is 0 Å². The molecule has 1 amide bonds. The van der Waals surface area contributed by atoms with Crippen molar-refractivity contribution < 1.29 is 13.6 Å². The van der Waals surface area contributed by atoms with E-state index in [0.717, 1.165) is 6.07 Å². The van der Waals surface area contributed by atoms with E-state index in [1.807, 2.05) is 6.07 Å². The summed E-state index contributed by atoms with van der Waals surface area (Å²) in [4.78, 5) is 11.8. The molecule has 1 aromatic rings. The van der Waals surface area contributed by atoms with Crippen molar-refractivity contribution in [2.45, 2.75) is 32.7 Å². The summed E-state index contributed by atoms with van der Waals surface area (Å²) in [6.45, 7) is 4.71. The minimum Gasteiger partial charge on any atom is -0.334 e. The number of aryl methyl sites for hydroxylation is 1. The number of benzene rings is 1. The van der Waals surface area contributed by atoms with Crippen LogP contribution in [0, 0.1) is 29.9 Å². The highest BCUT2D eigenvalue weighted by molar-refractivity contribution is 5.95. The molecule has 0 heterocycles. The number of carbonyl (C=O) groups excluding carboxylic acids is 1. The van der Waals surface area contributed by atoms with Crippen LogP contribution in [-0.2, 0) is 0 Å². The Kier molecular flexibility index (Phi) is 4.02. The molecule has 5 heteroatoms. The molecule has 96 valence electrons. The van der Waals surface area contributed by atoms with Gasteiger partial charge in [-0.3, -0.25) is 4.79 Å². The Morgan fingerprint density at radius 1 is 1.44 bits per heavy atom. The van der Waals surface area contributed by atoms with Gasteiger partial charge in [0.1, 0.15) is 17.2 Å². The SMILES string of the molecule is CCC(C)(C#N)NC(=O)c1cc(C)c(F)cc1F. The molecule has 1 atom stereocenters. The van der Waals surface area contributed by atoms with Crippen molar-refractivity contribution in [1.82, 2.24) is 5.32 Å². The number of nitrogens with one attached hydrogen (secondary N) is 1. The van der Waals surface area contributed by atoms with Gasteiger partial charge in [0.25, 0.3) is 5.91 Å². The second-order valence-electron chi connectivity index (χ2n) is 4.33. The van der Waals surface area contributed by atoms with Crippen LogP contribution in [0.15, 0.2) is 12.1 Å². The van der Waals surface area contributed by atoms with Gasteiger partial charge < -0.3 is 5.32 Å². The Balaban J connectivity index is 3.06. The van der Waals surface area contributed by atoms with E-state index in [9.17, 15) is 13.6 Å². The van der Waals surface area contributed by atoms with Gasteiger partial charge >= 0.3 is 0 Å². The molecule has 1 unspecified atom stereocenters. The zero-order chi connectivity index (χ0) is 13.9. The van der Waals surface area contributed by atoms with Crippen LogP contribution in [0.3, 0.4) is 0 Å². The zero-order valence-corrected chi connectivity index (χ0v) is 10.5. The van der Waals surface area contributed by atoms with Crippen molar-refractivity contribution in [3.8, 4) is 6.07 Å². The molecular formula is C13H14F2N2O. The predicted octanol–water partition coefficient (Wildman–Crippen LogP) is 2.70. The van der Waals surface area contributed by atoms with Crippen LogP contribution in [0.1, 0.15) is 36.2 Å². The molecule has 0 aliphatic rings. The summed E-state index contributed by atoms with van der Waals surface area (Å²) in [5.74, 6) is -2.36. The largest absolute Gasteiger partial charge is 0.334 e. The quantitative estimate of drug-likeness (QED) is 0.899. The minimum absolute atomic E-state index is 0.178. The Bertz CT molecular complexity index is 522. The highest BCUT2D eigenvalue weighted by Crippen LogP contribution is 2.16. The molecule has 0 saturated heterocycles. The van der Waals surface area contributed by atoms with Gasteiger partial charge in [-0.2, -0.15) is 5.26 Å². The fourth-order valence-electron chi connectivity index (χ4n) is 1.34. The van der Waals surface area contributed by atoms with Gasteiger partial charge in [0, 0.05) is 6.07 Å². The molecule has 0 saturated carbocycles. The standard InChI is InChI=1S/C13H14F2N2O/c1-4-13(3,7-16)17-12(18)9-5-8(2)10(14)6-11(9)15/h5-6H,4H2,1-3H3,(H,17,18). The second-order valence-corrected chi connectivity index (χ2v) is 4.33. The van der Waals surface area contributed by atoms with E-state index < -0.39 is 23.1 Å². The van der Waals surface area contributed by atoms with Crippen molar-refractivity contribution in [3.05, 3.63) is 34.9 Å². The lowest BCUT2D eigenvalue weighted by atomic mass is 10.00. The number of nitrogens with zero attached hydrogens (tertiary/aromatic N) is 1. The molecule has 0 aliphatic carbocycles. The fourth-order valence-corrected chi connectivity index (χ4v) is 1.34. The number of rotatable bonds is 3. The van der Waals surface area contributed by atoms with Gasteiger partial charge in [0.2, 0.25) is 0 Å². The average Bonchev–Trinajstić information content (AvgIpc) is 2.33. The van der Waals surface area contributed by atoms with E-state index in [-0.39, 0.29) is 11.1 Å². The number of amides is 1. The Morgan fingerprint density at radius 2 is 2.06 bits per heavy atom. The maximum absolute atomic E-state index is 13.5. The molecule has 0 aromatic heterocycles. The van der Waals surface area contributed by atoms with E-state index in [0.29, 0.717) is 12.5 Å². The zero-order valence-electron chi connectivity index (χ0n) is 10.5. The third kappa shape index (κ3) is 2.83. The van der Waals surface area contributed by atoms with Crippen LogP contribution in [0.25, 0.3) is 0 Å². The molecule has 1 aromatic carbocycles. The normalized spacial score (nSPS) is 13.6. The summed E-state index contributed by atoms with van der Waals surface area (Å²) in [5.41, 5.74) is -1.15. The lowest BCUT2D eigenvalue weighted by molar-refractivity contribution is 0.0918. The molecule has 0 aliphatic heterocycles. The van der Waals surface area contributed by atoms with Crippen molar-refractivity contribution in [2.24, 2.45) is 0 Å². The van der Waals surface area contributed by atoms with Gasteiger partial charge in [-0.05, 0) is 31.9 Å². The first-order valence-corrected chi connectivity index (χ1v) is 5.52. The minimum atomic E-state index is -1.06. The van der Waals surface area contributed by atoms with E-state index in [1.165, 1.54) is 6.92 Å². The van der Waals surface area contributed by atoms with E-state index >= 15 is 0 Å². The third-order valence-corrected chi connectivity index (χ3v) is 2.84. The molecule has 1 rings (SSSR count). The van der Waals surface area contributed by atoms with E-state index in [2.05, 4.69) is 5.32 Å². The Morgan fingerprint density at radius 3 is 2.56 bits per heavy atom. The number of carbonyl (C=O) groups is 1. The van der Waals surface area contributed by atoms with Gasteiger partial charge in [-0.1, -0.05) is 6.92 Å². The first-order chi connectivity index (χ1) is 8.33. The number of hydrogen-bond acceptors (Lipinski definition) is 2. The van der Waals surface area contributed by atoms with Crippen LogP contribution >= 0.6 is 0 Å². The molecular weight excluding hydrogens is 238 g/mol. The molecule has 0 radical (unpaired) electrons. The van der Waals surface area contributed by atoms with E-state index in [1.54, 1.807) is 13.8 Å². The number of nitriles is 1. The highest BCUT2D eigenvalue weighted by atomic mass is 19.1. The summed E-state index contributed by atoms with van der Waals surface area (Å²) in [5, 5.41) is 11.4. The van der Waals surface area contributed by atoms with Crippen molar-refractivity contribution in [3.63, 3.8) is 0 Å². The van der Waals surface area contributed by atoms with Crippen LogP contribution in [0.2, 0.25) is 0 Å². The number of hydrogen-bond donors (Lipinski definition) is 1. The van der Waals surface area contributed by atoms with Crippen LogP contribution < -0.4 is 5.32 Å². The Labute approximate surface area is 104 Å². The van der Waals surface area contributed by atoms with Crippen molar-refractivity contribution in [1.29, 1.82) is 5.26 Å². The summed E-state index contributed by atoms with van der Waals surface area (Å²) >= 11 is 0. The molecule has 1 N–H and O–H groups in total. The van der Waals surface area contributed by atoms with E-state index in [4.69, 9.17) is 5.26 Å². The van der Waals surface area contributed by atoms with Gasteiger partial charge in [0.05, 0.1) is 11.6 Å². The average molecular weight is 252 g/mol. The molecule has 0 spiro atoms. The maximum atomic E-state index is 13.5. The summed E-state index contributed by atoms with van der Waals surface area (Å²) in [6.07, 6.45) is 0.386. The topological polar surface area (TPSA) is 52.9 Å². The monoisotopic (exact) mass is 252 g/mol. The Hall–Kier alpha value is -1.96. The van der Waals surface area contributed by atoms with Crippen LogP contribution in [-0.4, -0.2) is 11.4 Å². The first-order valence-electron chi connectivity index (χ1n) is 5.52. The van der Waals surface area contributed by atoms with Crippen LogP contribution in [0.5, 0.6) is 0 Å². The van der Waals surface area contributed by atoms with Crippen molar-refractivity contribution >= 4 is 5.91 Å². The lowest BCUT2D eigenvalue weighted by Gasteiger charge is -2.21. The third-order valence-electron chi connectivity index (χ3n) is 2.84. The fraction of sp³-hybridized carbons (Fsp3) is 0.385. The van der Waals surface area contributed by atoms with Gasteiger partial charge in [-0.25, -0.2) is 8.78 Å². The lowest BCUT2D eigenvalue weighted by Crippen LogP contribution is -2.44.